The molecule has 34 heavy (non-hydrogen) atoms. The van der Waals surface area contributed by atoms with Crippen LogP contribution in [0.1, 0.15) is 47.6 Å². The zero-order chi connectivity index (χ0) is 24.0. The van der Waals surface area contributed by atoms with Gasteiger partial charge in [0.15, 0.2) is 0 Å². The van der Waals surface area contributed by atoms with Crippen molar-refractivity contribution in [1.82, 2.24) is 15.3 Å². The zero-order valence-electron chi connectivity index (χ0n) is 19.1. The van der Waals surface area contributed by atoms with Crippen molar-refractivity contribution < 1.29 is 18.7 Å². The summed E-state index contributed by atoms with van der Waals surface area (Å²) in [5.74, 6) is -1.65. The molecule has 4 heterocycles. The van der Waals surface area contributed by atoms with Crippen LogP contribution in [-0.2, 0) is 13.0 Å². The van der Waals surface area contributed by atoms with Gasteiger partial charge in [-0.25, -0.2) is 13.8 Å². The first kappa shape index (κ1) is 22.4. The Bertz CT molecular complexity index is 1240. The van der Waals surface area contributed by atoms with Crippen LogP contribution in [0.3, 0.4) is 0 Å². The number of carbonyl (C=O) groups excluding carboxylic acids is 1. The Kier molecular flexibility index (Phi) is 5.56. The minimum absolute atomic E-state index is 0.159. The van der Waals surface area contributed by atoms with Gasteiger partial charge >= 0.3 is 0 Å². The summed E-state index contributed by atoms with van der Waals surface area (Å²) in [5.41, 5.74) is 2.99. The minimum Gasteiger partial charge on any atom is -0.392 e. The molecule has 2 aromatic heterocycles. The number of aliphatic hydroxyl groups excluding tert-OH is 1. The fourth-order valence-electron chi connectivity index (χ4n) is 4.79. The Morgan fingerprint density at radius 2 is 1.94 bits per heavy atom. The summed E-state index contributed by atoms with van der Waals surface area (Å²) in [6.45, 7) is 5.80. The quantitative estimate of drug-likeness (QED) is 0.613. The number of aromatic nitrogens is 2. The molecule has 5 rings (SSSR count). The Hall–Kier alpha value is -3.39. The number of hydrogen-bond acceptors (Lipinski definition) is 5. The van der Waals surface area contributed by atoms with Gasteiger partial charge in [0.2, 0.25) is 0 Å². The minimum atomic E-state index is -0.701. The first-order chi connectivity index (χ1) is 16.2. The third kappa shape index (κ3) is 4.03. The second-order valence-corrected chi connectivity index (χ2v) is 9.67. The molecule has 1 aromatic carbocycles. The van der Waals surface area contributed by atoms with E-state index in [0.717, 1.165) is 24.5 Å². The Morgan fingerprint density at radius 1 is 1.18 bits per heavy atom. The number of amides is 1. The predicted molar refractivity (Wildman–Crippen MR) is 124 cm³/mol. The van der Waals surface area contributed by atoms with E-state index in [0.29, 0.717) is 29.7 Å². The summed E-state index contributed by atoms with van der Waals surface area (Å²) in [4.78, 5) is 23.6. The number of rotatable bonds is 4. The molecule has 1 atom stereocenters. The first-order valence-electron chi connectivity index (χ1n) is 11.4. The number of carbonyl (C=O) groups is 1. The molecule has 0 saturated carbocycles. The van der Waals surface area contributed by atoms with Crippen molar-refractivity contribution in [1.29, 1.82) is 0 Å². The molecule has 3 aromatic rings. The number of piperidine rings is 1. The highest BCUT2D eigenvalue weighted by atomic mass is 19.1. The molecule has 0 radical (unpaired) electrons. The first-order valence-corrected chi connectivity index (χ1v) is 11.4. The molecule has 1 amide bonds. The van der Waals surface area contributed by atoms with Gasteiger partial charge in [-0.15, -0.1) is 0 Å². The smallest absolute Gasteiger partial charge is 0.253 e. The zero-order valence-corrected chi connectivity index (χ0v) is 19.1. The summed E-state index contributed by atoms with van der Waals surface area (Å²) >= 11 is 0. The van der Waals surface area contributed by atoms with Crippen LogP contribution < -0.4 is 10.2 Å². The number of fused-ring (bicyclic) bond motifs is 1. The van der Waals surface area contributed by atoms with E-state index >= 15 is 0 Å². The molecule has 1 saturated heterocycles. The van der Waals surface area contributed by atoms with Gasteiger partial charge < -0.3 is 15.3 Å². The highest BCUT2D eigenvalue weighted by Crippen LogP contribution is 2.33. The maximum Gasteiger partial charge on any atom is 0.253 e. The summed E-state index contributed by atoms with van der Waals surface area (Å²) in [6.07, 6.45) is 2.49. The normalized spacial score (nSPS) is 19.1. The highest BCUT2D eigenvalue weighted by molar-refractivity contribution is 5.99. The van der Waals surface area contributed by atoms with Gasteiger partial charge in [0.25, 0.3) is 5.91 Å². The fourth-order valence-corrected chi connectivity index (χ4v) is 4.79. The predicted octanol–water partition coefficient (Wildman–Crippen LogP) is 3.85. The lowest BCUT2D eigenvalue weighted by molar-refractivity contribution is 0.0336. The Balaban J connectivity index is 1.46. The number of nitrogens with zero attached hydrogens (tertiary/aromatic N) is 3. The molecule has 6 nitrogen and oxygen atoms in total. The molecule has 2 aliphatic heterocycles. The van der Waals surface area contributed by atoms with E-state index in [1.165, 1.54) is 18.2 Å². The Labute approximate surface area is 196 Å². The second-order valence-electron chi connectivity index (χ2n) is 9.67. The van der Waals surface area contributed by atoms with Crippen molar-refractivity contribution in [3.63, 3.8) is 0 Å². The van der Waals surface area contributed by atoms with E-state index < -0.39 is 11.6 Å². The van der Waals surface area contributed by atoms with E-state index in [1.54, 1.807) is 12.3 Å². The maximum atomic E-state index is 14.4. The molecule has 176 valence electrons. The van der Waals surface area contributed by atoms with Gasteiger partial charge in [-0.3, -0.25) is 9.78 Å². The van der Waals surface area contributed by atoms with Gasteiger partial charge in [-0.05, 0) is 42.3 Å². The van der Waals surface area contributed by atoms with Crippen LogP contribution in [-0.4, -0.2) is 40.2 Å². The van der Waals surface area contributed by atoms with Gasteiger partial charge in [-0.2, -0.15) is 0 Å². The third-order valence-electron chi connectivity index (χ3n) is 6.76. The van der Waals surface area contributed by atoms with Crippen LogP contribution in [0, 0.1) is 17.0 Å². The number of hydrogen-bond donors (Lipinski definition) is 2. The monoisotopic (exact) mass is 464 g/mol. The van der Waals surface area contributed by atoms with Crippen LogP contribution in [0.5, 0.6) is 0 Å². The SMILES string of the molecule is CC1(C)CN(c2ccc(Cc3cc(-c4c(F)cccc4F)nc4c3C(=O)NC4)nc2)CC[C@@H]1O. The van der Waals surface area contributed by atoms with Crippen LogP contribution in [0.15, 0.2) is 42.6 Å². The van der Waals surface area contributed by atoms with E-state index in [4.69, 9.17) is 0 Å². The number of aliphatic hydroxyl groups is 1. The average molecular weight is 465 g/mol. The molecular formula is C26H26F2N4O2. The lowest BCUT2D eigenvalue weighted by atomic mass is 9.81. The van der Waals surface area contributed by atoms with Crippen LogP contribution >= 0.6 is 0 Å². The molecule has 1 fully saturated rings. The molecule has 2 aliphatic rings. The third-order valence-corrected chi connectivity index (χ3v) is 6.76. The van der Waals surface area contributed by atoms with Crippen molar-refractivity contribution >= 4 is 11.6 Å². The lowest BCUT2D eigenvalue weighted by Crippen LogP contribution is -2.48. The van der Waals surface area contributed by atoms with E-state index in [1.807, 2.05) is 12.1 Å². The molecule has 8 heteroatoms. The molecule has 0 unspecified atom stereocenters. The molecule has 2 N–H and O–H groups in total. The van der Waals surface area contributed by atoms with Gasteiger partial charge in [0, 0.05) is 30.6 Å². The van der Waals surface area contributed by atoms with Crippen molar-refractivity contribution in [2.45, 2.75) is 39.3 Å². The Morgan fingerprint density at radius 3 is 2.62 bits per heavy atom. The van der Waals surface area contributed by atoms with Gasteiger partial charge in [-0.1, -0.05) is 19.9 Å². The number of benzene rings is 1. The van der Waals surface area contributed by atoms with E-state index in [-0.39, 0.29) is 35.2 Å². The summed E-state index contributed by atoms with van der Waals surface area (Å²) in [6, 6.07) is 9.15. The number of nitrogens with one attached hydrogen (secondary N) is 1. The van der Waals surface area contributed by atoms with Gasteiger partial charge in [0.1, 0.15) is 11.6 Å². The summed E-state index contributed by atoms with van der Waals surface area (Å²) in [7, 11) is 0. The number of halogens is 2. The second kappa shape index (κ2) is 8.43. The van der Waals surface area contributed by atoms with Crippen LogP contribution in [0.4, 0.5) is 14.5 Å². The number of anilines is 1. The number of pyridine rings is 2. The highest BCUT2D eigenvalue weighted by Gasteiger charge is 2.34. The average Bonchev–Trinajstić information content (AvgIpc) is 3.17. The van der Waals surface area contributed by atoms with Crippen LogP contribution in [0.2, 0.25) is 0 Å². The van der Waals surface area contributed by atoms with Crippen molar-refractivity contribution in [2.24, 2.45) is 5.41 Å². The largest absolute Gasteiger partial charge is 0.392 e. The van der Waals surface area contributed by atoms with Crippen molar-refractivity contribution in [3.8, 4) is 11.3 Å². The lowest BCUT2D eigenvalue weighted by Gasteiger charge is -2.42. The molecular weight excluding hydrogens is 438 g/mol. The summed E-state index contributed by atoms with van der Waals surface area (Å²) in [5, 5.41) is 13.0. The van der Waals surface area contributed by atoms with E-state index in [2.05, 4.69) is 34.0 Å². The molecule has 0 aliphatic carbocycles. The van der Waals surface area contributed by atoms with Crippen molar-refractivity contribution in [3.05, 3.63) is 76.7 Å². The van der Waals surface area contributed by atoms with Crippen LogP contribution in [0.25, 0.3) is 11.3 Å². The fraction of sp³-hybridized carbons (Fsp3) is 0.346. The maximum absolute atomic E-state index is 14.4. The standard InChI is InChI=1S/C26H26F2N4O2/c1-26(2)14-32(9-8-22(26)33)17-7-6-16(29-12-17)10-15-11-20(24-18(27)4-3-5-19(24)28)31-21-13-30-25(34)23(15)21/h3-7,11-12,22,33H,8-10,13-14H2,1-2H3,(H,30,34)/t22-/m0/s1. The van der Waals surface area contributed by atoms with Crippen molar-refractivity contribution in [2.75, 3.05) is 18.0 Å². The van der Waals surface area contributed by atoms with Gasteiger partial charge in [0.05, 0.1) is 47.0 Å². The topological polar surface area (TPSA) is 78.4 Å². The molecule has 0 spiro atoms. The molecule has 0 bridgehead atoms. The summed E-state index contributed by atoms with van der Waals surface area (Å²) < 4.78 is 28.9. The van der Waals surface area contributed by atoms with E-state index in [9.17, 15) is 18.7 Å².